The molecule has 4 nitrogen and oxygen atoms in total. The summed E-state index contributed by atoms with van der Waals surface area (Å²) in [5.41, 5.74) is 9.18. The van der Waals surface area contributed by atoms with E-state index < -0.39 is 0 Å². The molecule has 0 bridgehead atoms. The summed E-state index contributed by atoms with van der Waals surface area (Å²) in [6, 6.07) is 8.18. The van der Waals surface area contributed by atoms with Crippen LogP contribution in [-0.4, -0.2) is 17.0 Å². The number of hydrogen-bond acceptors (Lipinski definition) is 4. The lowest BCUT2D eigenvalue weighted by Gasteiger charge is -2.24. The largest absolute Gasteiger partial charge is 0.355 e. The SMILES string of the molecule is CN(Cc1cccnc1)c1cc(CN)cc(C(C)(C)C)n1. The van der Waals surface area contributed by atoms with E-state index in [0.29, 0.717) is 6.54 Å². The summed E-state index contributed by atoms with van der Waals surface area (Å²) in [6.07, 6.45) is 3.67. The molecule has 0 amide bonds. The van der Waals surface area contributed by atoms with Gasteiger partial charge in [0.2, 0.25) is 0 Å². The molecular weight excluding hydrogens is 260 g/mol. The van der Waals surface area contributed by atoms with Crippen LogP contribution >= 0.6 is 0 Å². The minimum atomic E-state index is 0.00900. The third kappa shape index (κ3) is 4.02. The maximum absolute atomic E-state index is 5.83. The summed E-state index contributed by atoms with van der Waals surface area (Å²) in [5.74, 6) is 0.951. The minimum absolute atomic E-state index is 0.00900. The summed E-state index contributed by atoms with van der Waals surface area (Å²) >= 11 is 0. The van der Waals surface area contributed by atoms with Gasteiger partial charge in [0, 0.05) is 43.6 Å². The molecule has 0 saturated heterocycles. The lowest BCUT2D eigenvalue weighted by Crippen LogP contribution is -2.22. The van der Waals surface area contributed by atoms with Crippen molar-refractivity contribution < 1.29 is 0 Å². The van der Waals surface area contributed by atoms with Gasteiger partial charge < -0.3 is 10.6 Å². The van der Waals surface area contributed by atoms with Crippen LogP contribution in [0.4, 0.5) is 5.82 Å². The first-order valence-corrected chi connectivity index (χ1v) is 7.21. The maximum atomic E-state index is 5.83. The first-order valence-electron chi connectivity index (χ1n) is 7.21. The van der Waals surface area contributed by atoms with E-state index in [1.807, 2.05) is 19.3 Å². The molecule has 2 heterocycles. The van der Waals surface area contributed by atoms with Gasteiger partial charge in [-0.3, -0.25) is 4.98 Å². The zero-order valence-corrected chi connectivity index (χ0v) is 13.3. The number of rotatable bonds is 4. The molecule has 0 atom stereocenters. The second kappa shape index (κ2) is 6.22. The molecule has 2 aromatic heterocycles. The molecule has 0 fully saturated rings. The zero-order chi connectivity index (χ0) is 15.5. The van der Waals surface area contributed by atoms with Crippen molar-refractivity contribution in [2.45, 2.75) is 39.3 Å². The number of pyridine rings is 2. The number of aromatic nitrogens is 2. The Balaban J connectivity index is 2.30. The third-order valence-corrected chi connectivity index (χ3v) is 3.41. The van der Waals surface area contributed by atoms with Crippen LogP contribution in [0.1, 0.15) is 37.6 Å². The standard InChI is InChI=1S/C17H24N4/c1-17(2,3)15-8-14(10-18)9-16(20-15)21(4)12-13-6-5-7-19-11-13/h5-9,11H,10,12,18H2,1-4H3. The molecule has 0 saturated carbocycles. The number of hydrogen-bond donors (Lipinski definition) is 1. The Morgan fingerprint density at radius 1 is 1.19 bits per heavy atom. The van der Waals surface area contributed by atoms with Crippen molar-refractivity contribution in [2.75, 3.05) is 11.9 Å². The molecule has 2 N–H and O–H groups in total. The van der Waals surface area contributed by atoms with Gasteiger partial charge in [-0.15, -0.1) is 0 Å². The van der Waals surface area contributed by atoms with E-state index >= 15 is 0 Å². The normalized spacial score (nSPS) is 11.5. The molecule has 112 valence electrons. The van der Waals surface area contributed by atoms with Gasteiger partial charge in [0.1, 0.15) is 5.82 Å². The average Bonchev–Trinajstić information content (AvgIpc) is 2.46. The molecule has 0 aliphatic rings. The fraction of sp³-hybridized carbons (Fsp3) is 0.412. The van der Waals surface area contributed by atoms with E-state index in [1.54, 1.807) is 6.20 Å². The van der Waals surface area contributed by atoms with Gasteiger partial charge in [-0.05, 0) is 29.3 Å². The van der Waals surface area contributed by atoms with Gasteiger partial charge in [-0.1, -0.05) is 26.8 Å². The third-order valence-electron chi connectivity index (χ3n) is 3.41. The van der Waals surface area contributed by atoms with Crippen LogP contribution in [0, 0.1) is 0 Å². The van der Waals surface area contributed by atoms with Crippen LogP contribution in [-0.2, 0) is 18.5 Å². The predicted molar refractivity (Wildman–Crippen MR) is 87.2 cm³/mol. The first-order chi connectivity index (χ1) is 9.90. The fourth-order valence-electron chi connectivity index (χ4n) is 2.12. The van der Waals surface area contributed by atoms with Crippen molar-refractivity contribution in [2.24, 2.45) is 5.73 Å². The number of nitrogens with two attached hydrogens (primary N) is 1. The number of nitrogens with zero attached hydrogens (tertiary/aromatic N) is 3. The molecule has 4 heteroatoms. The van der Waals surface area contributed by atoms with E-state index in [0.717, 1.165) is 29.2 Å². The Bertz CT molecular complexity index is 587. The van der Waals surface area contributed by atoms with Crippen LogP contribution in [0.5, 0.6) is 0 Å². The summed E-state index contributed by atoms with van der Waals surface area (Å²) < 4.78 is 0. The van der Waals surface area contributed by atoms with Crippen LogP contribution in [0.2, 0.25) is 0 Å². The van der Waals surface area contributed by atoms with Crippen LogP contribution in [0.25, 0.3) is 0 Å². The van der Waals surface area contributed by atoms with E-state index in [4.69, 9.17) is 10.7 Å². The Morgan fingerprint density at radius 2 is 1.95 bits per heavy atom. The summed E-state index contributed by atoms with van der Waals surface area (Å²) in [4.78, 5) is 11.1. The molecular formula is C17H24N4. The lowest BCUT2D eigenvalue weighted by atomic mass is 9.90. The molecule has 0 aliphatic heterocycles. The zero-order valence-electron chi connectivity index (χ0n) is 13.3. The van der Waals surface area contributed by atoms with Crippen LogP contribution < -0.4 is 10.6 Å². The fourth-order valence-corrected chi connectivity index (χ4v) is 2.12. The number of anilines is 1. The van der Waals surface area contributed by atoms with E-state index in [2.05, 4.69) is 48.9 Å². The molecule has 0 radical (unpaired) electrons. The predicted octanol–water partition coefficient (Wildman–Crippen LogP) is 2.87. The summed E-state index contributed by atoms with van der Waals surface area (Å²) in [6.45, 7) is 7.80. The highest BCUT2D eigenvalue weighted by atomic mass is 15.2. The molecule has 2 aromatic rings. The Labute approximate surface area is 127 Å². The van der Waals surface area contributed by atoms with Crippen LogP contribution in [0.15, 0.2) is 36.7 Å². The second-order valence-electron chi connectivity index (χ2n) is 6.39. The van der Waals surface area contributed by atoms with Gasteiger partial charge in [-0.25, -0.2) is 4.98 Å². The van der Waals surface area contributed by atoms with Crippen molar-refractivity contribution >= 4 is 5.82 Å². The topological polar surface area (TPSA) is 55.0 Å². The quantitative estimate of drug-likeness (QED) is 0.938. The smallest absolute Gasteiger partial charge is 0.129 e. The average molecular weight is 284 g/mol. The Hall–Kier alpha value is -1.94. The van der Waals surface area contributed by atoms with E-state index in [1.165, 1.54) is 0 Å². The van der Waals surface area contributed by atoms with E-state index in [9.17, 15) is 0 Å². The minimum Gasteiger partial charge on any atom is -0.355 e. The van der Waals surface area contributed by atoms with E-state index in [-0.39, 0.29) is 5.41 Å². The van der Waals surface area contributed by atoms with Crippen molar-refractivity contribution in [1.29, 1.82) is 0 Å². The highest BCUT2D eigenvalue weighted by Gasteiger charge is 2.18. The van der Waals surface area contributed by atoms with Gasteiger partial charge in [0.15, 0.2) is 0 Å². The molecule has 0 aliphatic carbocycles. The second-order valence-corrected chi connectivity index (χ2v) is 6.39. The highest BCUT2D eigenvalue weighted by molar-refractivity contribution is 5.43. The molecule has 2 rings (SSSR count). The van der Waals surface area contributed by atoms with Gasteiger partial charge in [0.25, 0.3) is 0 Å². The van der Waals surface area contributed by atoms with Gasteiger partial charge >= 0.3 is 0 Å². The molecule has 0 unspecified atom stereocenters. The Kier molecular flexibility index (Phi) is 4.58. The highest BCUT2D eigenvalue weighted by Crippen LogP contribution is 2.25. The maximum Gasteiger partial charge on any atom is 0.129 e. The molecule has 0 spiro atoms. The van der Waals surface area contributed by atoms with Crippen molar-refractivity contribution in [3.63, 3.8) is 0 Å². The monoisotopic (exact) mass is 284 g/mol. The Morgan fingerprint density at radius 3 is 2.52 bits per heavy atom. The van der Waals surface area contributed by atoms with Gasteiger partial charge in [0.05, 0.1) is 0 Å². The summed E-state index contributed by atoms with van der Waals surface area (Å²) in [7, 11) is 2.04. The molecule has 0 aromatic carbocycles. The van der Waals surface area contributed by atoms with Crippen molar-refractivity contribution in [3.05, 3.63) is 53.5 Å². The molecule has 21 heavy (non-hydrogen) atoms. The van der Waals surface area contributed by atoms with Crippen molar-refractivity contribution in [3.8, 4) is 0 Å². The van der Waals surface area contributed by atoms with Crippen LogP contribution in [0.3, 0.4) is 0 Å². The summed E-state index contributed by atoms with van der Waals surface area (Å²) in [5, 5.41) is 0. The van der Waals surface area contributed by atoms with Gasteiger partial charge in [-0.2, -0.15) is 0 Å². The lowest BCUT2D eigenvalue weighted by molar-refractivity contribution is 0.567. The first kappa shape index (κ1) is 15.4. The van der Waals surface area contributed by atoms with Crippen molar-refractivity contribution in [1.82, 2.24) is 9.97 Å².